The smallest absolute Gasteiger partial charge is 0.232 e. The molecule has 1 aromatic carbocycles. The summed E-state index contributed by atoms with van der Waals surface area (Å²) in [5.41, 5.74) is 2.08. The lowest BCUT2D eigenvalue weighted by molar-refractivity contribution is -0.128. The molecule has 3 rings (SSSR count). The summed E-state index contributed by atoms with van der Waals surface area (Å²) < 4.78 is 0.487. The lowest BCUT2D eigenvalue weighted by Gasteiger charge is -2.35. The Balaban J connectivity index is 1.87. The number of rotatable bonds is 4. The number of benzene rings is 1. The van der Waals surface area contributed by atoms with E-state index in [4.69, 9.17) is 0 Å². The number of pyridine rings is 1. The summed E-state index contributed by atoms with van der Waals surface area (Å²) in [4.78, 5) is 31.5. The van der Waals surface area contributed by atoms with Gasteiger partial charge in [0.2, 0.25) is 5.91 Å². The Kier molecular flexibility index (Phi) is 5.39. The Labute approximate surface area is 154 Å². The predicted octanol–water partition coefficient (Wildman–Crippen LogP) is 3.23. The van der Waals surface area contributed by atoms with E-state index in [1.807, 2.05) is 46.2 Å². The van der Waals surface area contributed by atoms with Crippen molar-refractivity contribution in [2.24, 2.45) is 5.18 Å². The number of anilines is 1. The van der Waals surface area contributed by atoms with Gasteiger partial charge in [-0.15, -0.1) is 4.91 Å². The molecule has 24 heavy (non-hydrogen) atoms. The third-order valence-electron chi connectivity index (χ3n) is 4.13. The molecule has 2 aromatic rings. The van der Waals surface area contributed by atoms with Crippen LogP contribution in [0.15, 0.2) is 47.8 Å². The fraction of sp³-hybridized carbons (Fsp3) is 0.294. The number of halogens is 1. The van der Waals surface area contributed by atoms with Gasteiger partial charge in [-0.2, -0.15) is 0 Å². The first-order valence-electron chi connectivity index (χ1n) is 7.71. The first-order valence-corrected chi connectivity index (χ1v) is 9.23. The molecular formula is C17H17IN4O2. The first-order chi connectivity index (χ1) is 11.7. The van der Waals surface area contributed by atoms with Gasteiger partial charge in [0, 0.05) is 37.9 Å². The van der Waals surface area contributed by atoms with Gasteiger partial charge in [-0.1, -0.05) is 52.9 Å². The molecule has 2 heterocycles. The van der Waals surface area contributed by atoms with Crippen molar-refractivity contribution in [2.45, 2.75) is 0 Å². The summed E-state index contributed by atoms with van der Waals surface area (Å²) in [5.74, 6) is 0.739. The van der Waals surface area contributed by atoms with Crippen molar-refractivity contribution in [1.29, 1.82) is 0 Å². The maximum Gasteiger partial charge on any atom is 0.232 e. The van der Waals surface area contributed by atoms with Crippen molar-refractivity contribution in [1.82, 2.24) is 9.88 Å². The van der Waals surface area contributed by atoms with Gasteiger partial charge < -0.3 is 9.80 Å². The Bertz CT molecular complexity index is 731. The summed E-state index contributed by atoms with van der Waals surface area (Å²) in [7, 11) is 0. The van der Waals surface area contributed by atoms with Crippen LogP contribution in [0.2, 0.25) is 0 Å². The SMILES string of the molecule is O=Nc1c(-c2ccccc2)ccnc1N1CCN(C(=O)CI)CC1. The van der Waals surface area contributed by atoms with Crippen LogP contribution in [0.5, 0.6) is 0 Å². The zero-order chi connectivity index (χ0) is 16.9. The quantitative estimate of drug-likeness (QED) is 0.420. The van der Waals surface area contributed by atoms with Crippen molar-refractivity contribution < 1.29 is 4.79 Å². The van der Waals surface area contributed by atoms with Crippen LogP contribution in [0.25, 0.3) is 11.1 Å². The summed E-state index contributed by atoms with van der Waals surface area (Å²) in [6, 6.07) is 11.5. The Morgan fingerprint density at radius 2 is 1.83 bits per heavy atom. The maximum absolute atomic E-state index is 11.8. The molecule has 0 N–H and O–H groups in total. The minimum atomic E-state index is 0.148. The Morgan fingerprint density at radius 1 is 1.12 bits per heavy atom. The van der Waals surface area contributed by atoms with E-state index >= 15 is 0 Å². The van der Waals surface area contributed by atoms with Crippen LogP contribution in [0.4, 0.5) is 11.5 Å². The molecule has 6 nitrogen and oxygen atoms in total. The van der Waals surface area contributed by atoms with Crippen LogP contribution in [-0.2, 0) is 4.79 Å². The van der Waals surface area contributed by atoms with Crippen molar-refractivity contribution in [3.8, 4) is 11.1 Å². The van der Waals surface area contributed by atoms with E-state index in [9.17, 15) is 9.70 Å². The zero-order valence-corrected chi connectivity index (χ0v) is 15.2. The van der Waals surface area contributed by atoms with Crippen molar-refractivity contribution in [3.63, 3.8) is 0 Å². The van der Waals surface area contributed by atoms with E-state index in [1.165, 1.54) is 0 Å². The molecule has 0 radical (unpaired) electrons. The Hall–Kier alpha value is -2.03. The van der Waals surface area contributed by atoms with Crippen molar-refractivity contribution in [2.75, 3.05) is 35.5 Å². The molecule has 0 saturated carbocycles. The average Bonchev–Trinajstić information content (AvgIpc) is 2.67. The first kappa shape index (κ1) is 16.8. The van der Waals surface area contributed by atoms with E-state index in [0.717, 1.165) is 11.1 Å². The van der Waals surface area contributed by atoms with Crippen LogP contribution < -0.4 is 4.90 Å². The minimum Gasteiger partial charge on any atom is -0.351 e. The highest BCUT2D eigenvalue weighted by Crippen LogP contribution is 2.37. The highest BCUT2D eigenvalue weighted by Gasteiger charge is 2.24. The topological polar surface area (TPSA) is 65.9 Å². The number of piperazine rings is 1. The third-order valence-corrected chi connectivity index (χ3v) is 4.78. The molecule has 0 bridgehead atoms. The molecule has 1 fully saturated rings. The molecule has 0 spiro atoms. The van der Waals surface area contributed by atoms with E-state index < -0.39 is 0 Å². The molecule has 1 amide bonds. The number of carbonyl (C=O) groups is 1. The number of nitroso groups, excluding NO2 is 1. The summed E-state index contributed by atoms with van der Waals surface area (Å²) in [5, 5.41) is 3.26. The van der Waals surface area contributed by atoms with Gasteiger partial charge >= 0.3 is 0 Å². The van der Waals surface area contributed by atoms with E-state index in [2.05, 4.69) is 32.8 Å². The van der Waals surface area contributed by atoms with Gasteiger partial charge in [-0.05, 0) is 16.8 Å². The molecule has 1 aliphatic rings. The van der Waals surface area contributed by atoms with E-state index in [-0.39, 0.29) is 5.91 Å². The molecule has 0 unspecified atom stereocenters. The number of hydrogen-bond donors (Lipinski definition) is 0. The van der Waals surface area contributed by atoms with Gasteiger partial charge in [-0.25, -0.2) is 4.98 Å². The van der Waals surface area contributed by atoms with Crippen molar-refractivity contribution in [3.05, 3.63) is 47.5 Å². The number of amides is 1. The van der Waals surface area contributed by atoms with Crippen LogP contribution in [0.3, 0.4) is 0 Å². The number of hydrogen-bond acceptors (Lipinski definition) is 5. The Morgan fingerprint density at radius 3 is 2.46 bits per heavy atom. The molecule has 1 aliphatic heterocycles. The van der Waals surface area contributed by atoms with Gasteiger partial charge in [0.25, 0.3) is 0 Å². The molecule has 0 atom stereocenters. The second-order valence-electron chi connectivity index (χ2n) is 5.49. The predicted molar refractivity (Wildman–Crippen MR) is 103 cm³/mol. The molecule has 7 heteroatoms. The molecule has 1 saturated heterocycles. The molecule has 124 valence electrons. The van der Waals surface area contributed by atoms with Gasteiger partial charge in [-0.3, -0.25) is 4.79 Å². The largest absolute Gasteiger partial charge is 0.351 e. The zero-order valence-electron chi connectivity index (χ0n) is 13.1. The molecule has 0 aliphatic carbocycles. The minimum absolute atomic E-state index is 0.148. The lowest BCUT2D eigenvalue weighted by atomic mass is 10.0. The van der Waals surface area contributed by atoms with Gasteiger partial charge in [0.15, 0.2) is 11.5 Å². The summed E-state index contributed by atoms with van der Waals surface area (Å²) in [6.45, 7) is 2.57. The number of nitrogens with zero attached hydrogens (tertiary/aromatic N) is 4. The third kappa shape index (κ3) is 3.40. The normalized spacial score (nSPS) is 14.5. The number of alkyl halides is 1. The van der Waals surface area contributed by atoms with Crippen LogP contribution >= 0.6 is 22.6 Å². The second-order valence-corrected chi connectivity index (χ2v) is 6.25. The second kappa shape index (κ2) is 7.69. The highest BCUT2D eigenvalue weighted by atomic mass is 127. The van der Waals surface area contributed by atoms with Gasteiger partial charge in [0.05, 0.1) is 4.43 Å². The number of carbonyl (C=O) groups excluding carboxylic acids is 1. The van der Waals surface area contributed by atoms with Crippen LogP contribution in [-0.4, -0.2) is 46.4 Å². The average molecular weight is 436 g/mol. The molecule has 1 aromatic heterocycles. The monoisotopic (exact) mass is 436 g/mol. The molecular weight excluding hydrogens is 419 g/mol. The standard InChI is InChI=1S/C17H17IN4O2/c18-12-15(23)21-8-10-22(11-9-21)17-16(20-24)14(6-7-19-17)13-4-2-1-3-5-13/h1-7H,8-12H2. The van der Waals surface area contributed by atoms with Crippen LogP contribution in [0, 0.1) is 4.91 Å². The summed E-state index contributed by atoms with van der Waals surface area (Å²) >= 11 is 2.08. The fourth-order valence-corrected chi connectivity index (χ4v) is 3.35. The maximum atomic E-state index is 11.8. The van der Waals surface area contributed by atoms with Crippen LogP contribution in [0.1, 0.15) is 0 Å². The van der Waals surface area contributed by atoms with Crippen molar-refractivity contribution >= 4 is 40.0 Å². The highest BCUT2D eigenvalue weighted by molar-refractivity contribution is 14.1. The van der Waals surface area contributed by atoms with Gasteiger partial charge in [0.1, 0.15) is 0 Å². The fourth-order valence-electron chi connectivity index (χ4n) is 2.87. The van der Waals surface area contributed by atoms with E-state index in [1.54, 1.807) is 6.20 Å². The van der Waals surface area contributed by atoms with E-state index in [0.29, 0.717) is 42.1 Å². The number of aromatic nitrogens is 1. The summed E-state index contributed by atoms with van der Waals surface area (Å²) in [6.07, 6.45) is 1.70. The lowest BCUT2D eigenvalue weighted by Crippen LogP contribution is -2.49.